The van der Waals surface area contributed by atoms with Crippen LogP contribution in [0.15, 0.2) is 48.5 Å². The minimum atomic E-state index is -0.225. The zero-order valence-electron chi connectivity index (χ0n) is 19.1. The Hall–Kier alpha value is -3.12. The van der Waals surface area contributed by atoms with Crippen LogP contribution in [0.5, 0.6) is 5.75 Å². The number of carbonyl (C=O) groups excluding carboxylic acids is 1. The summed E-state index contributed by atoms with van der Waals surface area (Å²) in [7, 11) is 1.65. The van der Waals surface area contributed by atoms with Gasteiger partial charge in [0, 0.05) is 24.8 Å². The fraction of sp³-hybridized carbons (Fsp3) is 0.385. The van der Waals surface area contributed by atoms with E-state index in [0.29, 0.717) is 18.8 Å². The first-order chi connectivity index (χ1) is 15.6. The number of benzene rings is 2. The van der Waals surface area contributed by atoms with Gasteiger partial charge in [-0.05, 0) is 31.0 Å². The van der Waals surface area contributed by atoms with Gasteiger partial charge < -0.3 is 14.4 Å². The Kier molecular flexibility index (Phi) is 6.90. The lowest BCUT2D eigenvalue weighted by molar-refractivity contribution is 0.0677. The van der Waals surface area contributed by atoms with Crippen LogP contribution in [0, 0.1) is 6.92 Å². The molecule has 2 heterocycles. The third kappa shape index (κ3) is 4.41. The first-order valence-electron chi connectivity index (χ1n) is 11.3. The van der Waals surface area contributed by atoms with Gasteiger partial charge >= 0.3 is 0 Å². The van der Waals surface area contributed by atoms with E-state index < -0.39 is 0 Å². The van der Waals surface area contributed by atoms with Crippen molar-refractivity contribution in [1.82, 2.24) is 15.1 Å². The summed E-state index contributed by atoms with van der Waals surface area (Å²) in [6.07, 6.45) is 3.39. The molecular formula is C26H31N3O3. The number of aromatic amines is 1. The smallest absolute Gasteiger partial charge is 0.273 e. The van der Waals surface area contributed by atoms with Crippen molar-refractivity contribution in [2.45, 2.75) is 39.2 Å². The predicted octanol–water partition coefficient (Wildman–Crippen LogP) is 5.15. The number of fused-ring (bicyclic) bond motifs is 1. The van der Waals surface area contributed by atoms with Gasteiger partial charge in [0.2, 0.25) is 0 Å². The predicted molar refractivity (Wildman–Crippen MR) is 125 cm³/mol. The summed E-state index contributed by atoms with van der Waals surface area (Å²) in [5, 5.41) is 7.53. The Bertz CT molecular complexity index is 1040. The topological polar surface area (TPSA) is 67.5 Å². The summed E-state index contributed by atoms with van der Waals surface area (Å²) in [6, 6.07) is 16.1. The highest BCUT2D eigenvalue weighted by Crippen LogP contribution is 2.42. The van der Waals surface area contributed by atoms with E-state index in [1.165, 1.54) is 18.4 Å². The number of H-pyrrole nitrogens is 1. The molecule has 1 N–H and O–H groups in total. The van der Waals surface area contributed by atoms with E-state index in [0.717, 1.165) is 41.2 Å². The molecule has 168 valence electrons. The van der Waals surface area contributed by atoms with Crippen LogP contribution in [0.25, 0.3) is 11.3 Å². The minimum Gasteiger partial charge on any atom is -0.494 e. The standard InChI is InChI=1S/C26H31N3O3/c1-4-5-6-16-32-21-13-11-20(12-14-21)25-22-23(19-9-7-18(2)8-10-19)27-28-24(22)26(30)29(25)15-17-31-3/h7-14,25H,4-6,15-17H2,1-3H3,(H,27,28). The maximum absolute atomic E-state index is 13.2. The number of methoxy groups -OCH3 is 1. The number of amides is 1. The molecule has 4 rings (SSSR count). The minimum absolute atomic E-state index is 0.0483. The lowest BCUT2D eigenvalue weighted by Gasteiger charge is -2.26. The number of rotatable bonds is 10. The van der Waals surface area contributed by atoms with Crippen LogP contribution >= 0.6 is 0 Å². The van der Waals surface area contributed by atoms with E-state index in [-0.39, 0.29) is 11.9 Å². The number of ether oxygens (including phenoxy) is 2. The zero-order valence-corrected chi connectivity index (χ0v) is 19.1. The number of nitrogens with zero attached hydrogens (tertiary/aromatic N) is 2. The lowest BCUT2D eigenvalue weighted by Crippen LogP contribution is -2.32. The largest absolute Gasteiger partial charge is 0.494 e. The van der Waals surface area contributed by atoms with E-state index >= 15 is 0 Å². The van der Waals surface area contributed by atoms with Crippen molar-refractivity contribution in [2.75, 3.05) is 26.9 Å². The van der Waals surface area contributed by atoms with E-state index in [9.17, 15) is 4.79 Å². The Morgan fingerprint density at radius 3 is 2.47 bits per heavy atom. The SMILES string of the molecule is CCCCCOc1ccc(C2c3c(-c4ccc(C)cc4)n[nH]c3C(=O)N2CCOC)cc1. The van der Waals surface area contributed by atoms with Gasteiger partial charge in [-0.1, -0.05) is 61.7 Å². The fourth-order valence-corrected chi connectivity index (χ4v) is 4.18. The van der Waals surface area contributed by atoms with Crippen LogP contribution in [-0.4, -0.2) is 47.9 Å². The number of nitrogens with one attached hydrogen (secondary N) is 1. The molecule has 0 saturated heterocycles. The van der Waals surface area contributed by atoms with Crippen molar-refractivity contribution < 1.29 is 14.3 Å². The fourth-order valence-electron chi connectivity index (χ4n) is 4.18. The van der Waals surface area contributed by atoms with Crippen molar-refractivity contribution in [3.05, 3.63) is 70.9 Å². The average molecular weight is 434 g/mol. The summed E-state index contributed by atoms with van der Waals surface area (Å²) in [5.41, 5.74) is 5.51. The summed E-state index contributed by atoms with van der Waals surface area (Å²) >= 11 is 0. The second-order valence-electron chi connectivity index (χ2n) is 8.25. The molecule has 1 aliphatic rings. The van der Waals surface area contributed by atoms with E-state index in [1.807, 2.05) is 29.2 Å². The third-order valence-electron chi connectivity index (χ3n) is 5.94. The van der Waals surface area contributed by atoms with Crippen molar-refractivity contribution in [3.63, 3.8) is 0 Å². The second-order valence-corrected chi connectivity index (χ2v) is 8.25. The number of hydrogen-bond donors (Lipinski definition) is 1. The van der Waals surface area contributed by atoms with Crippen LogP contribution < -0.4 is 4.74 Å². The molecule has 32 heavy (non-hydrogen) atoms. The Morgan fingerprint density at radius 1 is 1.03 bits per heavy atom. The van der Waals surface area contributed by atoms with Gasteiger partial charge in [-0.15, -0.1) is 0 Å². The van der Waals surface area contributed by atoms with Crippen molar-refractivity contribution in [1.29, 1.82) is 0 Å². The highest BCUT2D eigenvalue weighted by Gasteiger charge is 2.41. The maximum atomic E-state index is 13.2. The van der Waals surface area contributed by atoms with E-state index in [1.54, 1.807) is 7.11 Å². The van der Waals surface area contributed by atoms with Crippen LogP contribution in [0.4, 0.5) is 0 Å². The van der Waals surface area contributed by atoms with Gasteiger partial charge in [0.25, 0.3) is 5.91 Å². The third-order valence-corrected chi connectivity index (χ3v) is 5.94. The molecule has 1 atom stereocenters. The molecule has 1 amide bonds. The van der Waals surface area contributed by atoms with Gasteiger partial charge in [-0.25, -0.2) is 0 Å². The molecular weight excluding hydrogens is 402 g/mol. The second kappa shape index (κ2) is 10.0. The van der Waals surface area contributed by atoms with E-state index in [4.69, 9.17) is 9.47 Å². The monoisotopic (exact) mass is 433 g/mol. The highest BCUT2D eigenvalue weighted by molar-refractivity contribution is 6.00. The first kappa shape index (κ1) is 22.1. The first-order valence-corrected chi connectivity index (χ1v) is 11.3. The molecule has 6 nitrogen and oxygen atoms in total. The summed E-state index contributed by atoms with van der Waals surface area (Å²) in [4.78, 5) is 15.1. The van der Waals surface area contributed by atoms with Crippen LogP contribution in [0.2, 0.25) is 0 Å². The van der Waals surface area contributed by atoms with Crippen molar-refractivity contribution in [2.24, 2.45) is 0 Å². The van der Waals surface area contributed by atoms with Crippen molar-refractivity contribution in [3.8, 4) is 17.0 Å². The normalized spacial score (nSPS) is 15.3. The summed E-state index contributed by atoms with van der Waals surface area (Å²) in [6.45, 7) is 5.94. The van der Waals surface area contributed by atoms with Crippen LogP contribution in [-0.2, 0) is 4.74 Å². The van der Waals surface area contributed by atoms with Crippen molar-refractivity contribution >= 4 is 5.91 Å². The molecule has 0 fully saturated rings. The average Bonchev–Trinajstić information content (AvgIpc) is 3.35. The molecule has 0 saturated carbocycles. The quantitative estimate of drug-likeness (QED) is 0.449. The molecule has 1 unspecified atom stereocenters. The molecule has 0 radical (unpaired) electrons. The Labute approximate surface area is 189 Å². The molecule has 0 aliphatic carbocycles. The molecule has 0 bridgehead atoms. The van der Waals surface area contributed by atoms with Gasteiger partial charge in [0.1, 0.15) is 11.4 Å². The van der Waals surface area contributed by atoms with Crippen LogP contribution in [0.1, 0.15) is 59.4 Å². The van der Waals surface area contributed by atoms with Gasteiger partial charge in [-0.3, -0.25) is 9.89 Å². The number of aromatic nitrogens is 2. The number of carbonyl (C=O) groups is 1. The zero-order chi connectivity index (χ0) is 22.5. The Balaban J connectivity index is 1.67. The highest BCUT2D eigenvalue weighted by atomic mass is 16.5. The number of hydrogen-bond acceptors (Lipinski definition) is 4. The summed E-state index contributed by atoms with van der Waals surface area (Å²) < 4.78 is 11.2. The van der Waals surface area contributed by atoms with Gasteiger partial charge in [0.15, 0.2) is 0 Å². The van der Waals surface area contributed by atoms with Gasteiger partial charge in [0.05, 0.1) is 24.9 Å². The molecule has 3 aromatic rings. The molecule has 2 aromatic carbocycles. The van der Waals surface area contributed by atoms with Crippen LogP contribution in [0.3, 0.4) is 0 Å². The molecule has 1 aliphatic heterocycles. The number of aryl methyl sites for hydroxylation is 1. The molecule has 1 aromatic heterocycles. The van der Waals surface area contributed by atoms with Gasteiger partial charge in [-0.2, -0.15) is 5.10 Å². The maximum Gasteiger partial charge on any atom is 0.273 e. The number of unbranched alkanes of at least 4 members (excludes halogenated alkanes) is 2. The lowest BCUT2D eigenvalue weighted by atomic mass is 9.95. The van der Waals surface area contributed by atoms with E-state index in [2.05, 4.69) is 48.3 Å². The Morgan fingerprint density at radius 2 is 1.78 bits per heavy atom. The molecule has 6 heteroatoms. The summed E-state index contributed by atoms with van der Waals surface area (Å²) in [5.74, 6) is 0.802. The molecule has 0 spiro atoms.